The van der Waals surface area contributed by atoms with Gasteiger partial charge in [0.05, 0.1) is 12.5 Å². The van der Waals surface area contributed by atoms with Gasteiger partial charge in [-0.1, -0.05) is 0 Å². The summed E-state index contributed by atoms with van der Waals surface area (Å²) in [5, 5.41) is 15.9. The van der Waals surface area contributed by atoms with Gasteiger partial charge in [0.1, 0.15) is 18.1 Å². The highest BCUT2D eigenvalue weighted by Gasteiger charge is 2.29. The van der Waals surface area contributed by atoms with Crippen LogP contribution >= 0.6 is 0 Å². The van der Waals surface area contributed by atoms with Crippen LogP contribution in [-0.4, -0.2) is 70.7 Å². The van der Waals surface area contributed by atoms with Gasteiger partial charge < -0.3 is 44.0 Å². The maximum absolute atomic E-state index is 12.5. The van der Waals surface area contributed by atoms with Crippen molar-refractivity contribution in [3.05, 3.63) is 0 Å². The maximum Gasteiger partial charge on any atom is 0.326 e. The smallest absolute Gasteiger partial charge is 0.326 e. The zero-order valence-corrected chi connectivity index (χ0v) is 17.5. The summed E-state index contributed by atoms with van der Waals surface area (Å²) in [7, 11) is 0. The Bertz CT molecular complexity index is 757. The summed E-state index contributed by atoms with van der Waals surface area (Å²) in [5.74, 6) is -6.48. The van der Waals surface area contributed by atoms with Crippen molar-refractivity contribution < 1.29 is 38.7 Å². The van der Waals surface area contributed by atoms with E-state index in [1.165, 1.54) is 6.92 Å². The lowest BCUT2D eigenvalue weighted by Crippen LogP contribution is -2.56. The summed E-state index contributed by atoms with van der Waals surface area (Å²) in [6, 6.07) is -5.37. The molecule has 6 amide bonds. The molecule has 0 saturated carbocycles. The van der Waals surface area contributed by atoms with Crippen LogP contribution in [0, 0.1) is 0 Å². The predicted molar refractivity (Wildman–Crippen MR) is 108 cm³/mol. The van der Waals surface area contributed by atoms with Crippen molar-refractivity contribution in [1.82, 2.24) is 16.0 Å². The summed E-state index contributed by atoms with van der Waals surface area (Å²) in [4.78, 5) is 80.9. The molecule has 4 unspecified atom stereocenters. The molecule has 32 heavy (non-hydrogen) atoms. The molecule has 0 aromatic rings. The summed E-state index contributed by atoms with van der Waals surface area (Å²) in [6.45, 7) is 1.26. The molecule has 0 aliphatic heterocycles. The Morgan fingerprint density at radius 1 is 0.719 bits per heavy atom. The Hall–Kier alpha value is -3.75. The third-order valence-electron chi connectivity index (χ3n) is 4.12. The standard InChI is InChI=1S/C17H29N7O8/c1-7(22-15(29)8(18)6-13(21)27)14(28)23-9(2-4-11(19)25)16(30)24-10(17(31)32)3-5-12(20)26/h7-10H,2-6,18H2,1H3,(H2,19,25)(H2,20,26)(H2,21,27)(H,22,29)(H,23,28)(H,24,30)(H,31,32). The van der Waals surface area contributed by atoms with Crippen molar-refractivity contribution in [2.45, 2.75) is 63.2 Å². The van der Waals surface area contributed by atoms with E-state index in [0.717, 1.165) is 0 Å². The summed E-state index contributed by atoms with van der Waals surface area (Å²) in [5.41, 5.74) is 20.5. The number of hydrogen-bond donors (Lipinski definition) is 8. The molecular weight excluding hydrogens is 430 g/mol. The molecule has 0 aromatic carbocycles. The lowest BCUT2D eigenvalue weighted by atomic mass is 10.1. The Labute approximate surface area is 183 Å². The second kappa shape index (κ2) is 13.5. The fourth-order valence-corrected chi connectivity index (χ4v) is 2.36. The molecule has 180 valence electrons. The predicted octanol–water partition coefficient (Wildman–Crippen LogP) is -4.72. The van der Waals surface area contributed by atoms with Gasteiger partial charge in [0, 0.05) is 12.8 Å². The van der Waals surface area contributed by atoms with E-state index in [-0.39, 0.29) is 25.7 Å². The highest BCUT2D eigenvalue weighted by atomic mass is 16.4. The van der Waals surface area contributed by atoms with E-state index in [4.69, 9.17) is 22.9 Å². The largest absolute Gasteiger partial charge is 0.480 e. The van der Waals surface area contributed by atoms with Crippen molar-refractivity contribution in [3.8, 4) is 0 Å². The Morgan fingerprint density at radius 3 is 1.62 bits per heavy atom. The fourth-order valence-electron chi connectivity index (χ4n) is 2.36. The van der Waals surface area contributed by atoms with Crippen LogP contribution in [0.15, 0.2) is 0 Å². The molecule has 0 saturated heterocycles. The number of carboxylic acid groups (broad SMARTS) is 1. The van der Waals surface area contributed by atoms with Gasteiger partial charge in [0.15, 0.2) is 0 Å². The van der Waals surface area contributed by atoms with E-state index in [1.54, 1.807) is 0 Å². The van der Waals surface area contributed by atoms with Gasteiger partial charge in [0.2, 0.25) is 35.4 Å². The number of rotatable bonds is 15. The van der Waals surface area contributed by atoms with Crippen LogP contribution in [0.3, 0.4) is 0 Å². The van der Waals surface area contributed by atoms with Crippen molar-refractivity contribution in [3.63, 3.8) is 0 Å². The first-order valence-electron chi connectivity index (χ1n) is 9.49. The van der Waals surface area contributed by atoms with E-state index in [1.807, 2.05) is 0 Å². The number of carboxylic acids is 1. The molecule has 12 N–H and O–H groups in total. The molecule has 0 spiro atoms. The molecule has 0 bridgehead atoms. The van der Waals surface area contributed by atoms with Crippen molar-refractivity contribution in [1.29, 1.82) is 0 Å². The van der Waals surface area contributed by atoms with Crippen molar-refractivity contribution in [2.75, 3.05) is 0 Å². The lowest BCUT2D eigenvalue weighted by Gasteiger charge is -2.23. The number of carbonyl (C=O) groups is 7. The average molecular weight is 459 g/mol. The molecule has 15 heteroatoms. The van der Waals surface area contributed by atoms with E-state index in [2.05, 4.69) is 16.0 Å². The normalized spacial score (nSPS) is 14.2. The molecule has 0 fully saturated rings. The maximum atomic E-state index is 12.5. The number of aliphatic carboxylic acids is 1. The van der Waals surface area contributed by atoms with Crippen LogP contribution in [0.5, 0.6) is 0 Å². The Kier molecular flexibility index (Phi) is 11.9. The quantitative estimate of drug-likeness (QED) is 0.116. The number of hydrogen-bond acceptors (Lipinski definition) is 8. The van der Waals surface area contributed by atoms with Gasteiger partial charge in [-0.05, 0) is 19.8 Å². The fraction of sp³-hybridized carbons (Fsp3) is 0.588. The molecular formula is C17H29N7O8. The SMILES string of the molecule is CC(NC(=O)C(N)CC(N)=O)C(=O)NC(CCC(N)=O)C(=O)NC(CCC(N)=O)C(=O)O. The zero-order chi connectivity index (χ0) is 25.0. The van der Waals surface area contributed by atoms with Crippen molar-refractivity contribution >= 4 is 41.4 Å². The van der Waals surface area contributed by atoms with Gasteiger partial charge in [-0.3, -0.25) is 28.8 Å². The van der Waals surface area contributed by atoms with Gasteiger partial charge in [0.25, 0.3) is 0 Å². The van der Waals surface area contributed by atoms with Crippen LogP contribution < -0.4 is 38.9 Å². The Balaban J connectivity index is 5.21. The lowest BCUT2D eigenvalue weighted by molar-refractivity contribution is -0.142. The van der Waals surface area contributed by atoms with Crippen LogP contribution in [0.1, 0.15) is 39.0 Å². The number of primary amides is 3. The van der Waals surface area contributed by atoms with Crippen LogP contribution in [0.25, 0.3) is 0 Å². The van der Waals surface area contributed by atoms with Gasteiger partial charge in [-0.25, -0.2) is 4.79 Å². The van der Waals surface area contributed by atoms with Crippen molar-refractivity contribution in [2.24, 2.45) is 22.9 Å². The molecule has 0 rings (SSSR count). The minimum absolute atomic E-state index is 0.267. The highest BCUT2D eigenvalue weighted by Crippen LogP contribution is 2.03. The zero-order valence-electron chi connectivity index (χ0n) is 17.5. The summed E-state index contributed by atoms with van der Waals surface area (Å²) < 4.78 is 0. The van der Waals surface area contributed by atoms with Gasteiger partial charge >= 0.3 is 5.97 Å². The van der Waals surface area contributed by atoms with E-state index in [0.29, 0.717) is 0 Å². The second-order valence-corrected chi connectivity index (χ2v) is 6.98. The first-order valence-corrected chi connectivity index (χ1v) is 9.49. The minimum atomic E-state index is -1.48. The summed E-state index contributed by atoms with van der Waals surface area (Å²) in [6.07, 6.45) is -1.65. The second-order valence-electron chi connectivity index (χ2n) is 6.98. The minimum Gasteiger partial charge on any atom is -0.480 e. The molecule has 0 heterocycles. The Morgan fingerprint density at radius 2 is 1.19 bits per heavy atom. The molecule has 0 radical (unpaired) electrons. The number of nitrogens with two attached hydrogens (primary N) is 4. The van der Waals surface area contributed by atoms with E-state index >= 15 is 0 Å². The van der Waals surface area contributed by atoms with Crippen LogP contribution in [-0.2, 0) is 33.6 Å². The monoisotopic (exact) mass is 459 g/mol. The highest BCUT2D eigenvalue weighted by molar-refractivity contribution is 5.95. The number of amides is 6. The first kappa shape index (κ1) is 28.2. The molecule has 0 aromatic heterocycles. The summed E-state index contributed by atoms with van der Waals surface area (Å²) >= 11 is 0. The molecule has 0 aliphatic carbocycles. The van der Waals surface area contributed by atoms with Gasteiger partial charge in [-0.15, -0.1) is 0 Å². The number of nitrogens with one attached hydrogen (secondary N) is 3. The number of carbonyl (C=O) groups excluding carboxylic acids is 6. The average Bonchev–Trinajstić information content (AvgIpc) is 2.66. The first-order chi connectivity index (χ1) is 14.7. The molecule has 15 nitrogen and oxygen atoms in total. The topological polar surface area (TPSA) is 280 Å². The third kappa shape index (κ3) is 11.4. The van der Waals surface area contributed by atoms with Crippen LogP contribution in [0.2, 0.25) is 0 Å². The van der Waals surface area contributed by atoms with Crippen LogP contribution in [0.4, 0.5) is 0 Å². The third-order valence-corrected chi connectivity index (χ3v) is 4.12. The van der Waals surface area contributed by atoms with E-state index in [9.17, 15) is 38.7 Å². The molecule has 4 atom stereocenters. The van der Waals surface area contributed by atoms with Gasteiger partial charge in [-0.2, -0.15) is 0 Å². The van der Waals surface area contributed by atoms with E-state index < -0.39 is 72.0 Å². The molecule has 0 aliphatic rings.